The van der Waals surface area contributed by atoms with Gasteiger partial charge >= 0.3 is 0 Å². The maximum Gasteiger partial charge on any atom is 0.251 e. The van der Waals surface area contributed by atoms with Gasteiger partial charge in [-0.25, -0.2) is 8.42 Å². The van der Waals surface area contributed by atoms with Gasteiger partial charge in [0.2, 0.25) is 5.91 Å². The Morgan fingerprint density at radius 2 is 1.67 bits per heavy atom. The van der Waals surface area contributed by atoms with Crippen LogP contribution >= 0.6 is 0 Å². The highest BCUT2D eigenvalue weighted by Crippen LogP contribution is 2.38. The van der Waals surface area contributed by atoms with Crippen LogP contribution in [0.1, 0.15) is 30.6 Å². The number of hydrogen-bond acceptors (Lipinski definition) is 4. The second kappa shape index (κ2) is 6.20. The minimum Gasteiger partial charge on any atom is -0.348 e. The molecule has 24 heavy (non-hydrogen) atoms. The van der Waals surface area contributed by atoms with Gasteiger partial charge in [-0.15, -0.1) is 0 Å². The molecule has 4 atom stereocenters. The highest BCUT2D eigenvalue weighted by atomic mass is 32.2. The highest BCUT2D eigenvalue weighted by Gasteiger charge is 2.39. The summed E-state index contributed by atoms with van der Waals surface area (Å²) in [6, 6.07) is 6.30. The molecule has 130 valence electrons. The SMILES string of the molecule is C[C@H]1C[C@@H]1C(=O)Nc1ccc(C(=O)N[C@@H]2CS(=O)(=O)C[C@@H]2C)cc1. The number of sulfone groups is 1. The third kappa shape index (κ3) is 3.77. The van der Waals surface area contributed by atoms with Crippen molar-refractivity contribution in [3.05, 3.63) is 29.8 Å². The van der Waals surface area contributed by atoms with Crippen molar-refractivity contribution in [1.82, 2.24) is 5.32 Å². The lowest BCUT2D eigenvalue weighted by Crippen LogP contribution is -2.39. The number of amides is 2. The average Bonchev–Trinajstić information content (AvgIpc) is 3.17. The van der Waals surface area contributed by atoms with Crippen LogP contribution < -0.4 is 10.6 Å². The van der Waals surface area contributed by atoms with Gasteiger partial charge in [-0.3, -0.25) is 9.59 Å². The minimum absolute atomic E-state index is 0.00633. The first-order valence-electron chi connectivity index (χ1n) is 8.17. The molecule has 1 saturated heterocycles. The van der Waals surface area contributed by atoms with E-state index in [2.05, 4.69) is 10.6 Å². The molecule has 6 nitrogen and oxygen atoms in total. The van der Waals surface area contributed by atoms with Crippen LogP contribution in [0.5, 0.6) is 0 Å². The van der Waals surface area contributed by atoms with E-state index >= 15 is 0 Å². The van der Waals surface area contributed by atoms with Crippen molar-refractivity contribution < 1.29 is 18.0 Å². The number of benzene rings is 1. The standard InChI is InChI=1S/C17H22N2O4S/c1-10-7-14(10)17(21)18-13-5-3-12(4-6-13)16(20)19-15-9-24(22,23)8-11(15)2/h3-6,10-11,14-15H,7-9H2,1-2H3,(H,18,21)(H,19,20)/t10-,11-,14-,15+/m0/s1. The van der Waals surface area contributed by atoms with Crippen molar-refractivity contribution >= 4 is 27.3 Å². The van der Waals surface area contributed by atoms with Crippen molar-refractivity contribution in [2.45, 2.75) is 26.3 Å². The molecule has 0 bridgehead atoms. The predicted octanol–water partition coefficient (Wildman–Crippen LogP) is 1.44. The molecule has 7 heteroatoms. The van der Waals surface area contributed by atoms with Gasteiger partial charge in [0.15, 0.2) is 9.84 Å². The Bertz CT molecular complexity index is 757. The smallest absolute Gasteiger partial charge is 0.251 e. The first-order chi connectivity index (χ1) is 11.2. The topological polar surface area (TPSA) is 92.3 Å². The van der Waals surface area contributed by atoms with Crippen LogP contribution in [0.15, 0.2) is 24.3 Å². The summed E-state index contributed by atoms with van der Waals surface area (Å²) in [5.74, 6) is 0.287. The zero-order chi connectivity index (χ0) is 17.5. The first kappa shape index (κ1) is 17.0. The summed E-state index contributed by atoms with van der Waals surface area (Å²) >= 11 is 0. The molecule has 3 rings (SSSR count). The molecule has 1 saturated carbocycles. The summed E-state index contributed by atoms with van der Waals surface area (Å²) in [6.07, 6.45) is 0.925. The molecule has 1 aromatic carbocycles. The second-order valence-corrected chi connectivity index (χ2v) is 9.17. The molecular formula is C17H22N2O4S. The van der Waals surface area contributed by atoms with Crippen molar-refractivity contribution in [2.75, 3.05) is 16.8 Å². The Morgan fingerprint density at radius 3 is 2.17 bits per heavy atom. The van der Waals surface area contributed by atoms with Crippen molar-refractivity contribution in [2.24, 2.45) is 17.8 Å². The van der Waals surface area contributed by atoms with Crippen LogP contribution in [0, 0.1) is 17.8 Å². The maximum absolute atomic E-state index is 12.3. The monoisotopic (exact) mass is 350 g/mol. The molecule has 2 fully saturated rings. The van der Waals surface area contributed by atoms with E-state index in [1.54, 1.807) is 24.3 Å². The summed E-state index contributed by atoms with van der Waals surface area (Å²) < 4.78 is 23.2. The molecular weight excluding hydrogens is 328 g/mol. The van der Waals surface area contributed by atoms with Crippen LogP contribution in [0.25, 0.3) is 0 Å². The Kier molecular flexibility index (Phi) is 4.38. The van der Waals surface area contributed by atoms with Crippen LogP contribution in [0.4, 0.5) is 5.69 Å². The molecule has 2 aliphatic rings. The second-order valence-electron chi connectivity index (χ2n) is 7.02. The number of rotatable bonds is 4. The summed E-state index contributed by atoms with van der Waals surface area (Å²) in [5, 5.41) is 5.63. The van der Waals surface area contributed by atoms with Gasteiger partial charge in [-0.05, 0) is 42.5 Å². The molecule has 1 heterocycles. The first-order valence-corrected chi connectivity index (χ1v) is 9.99. The van der Waals surface area contributed by atoms with Gasteiger partial charge in [-0.2, -0.15) is 0 Å². The van der Waals surface area contributed by atoms with E-state index in [1.165, 1.54) is 0 Å². The Morgan fingerprint density at radius 1 is 1.04 bits per heavy atom. The van der Waals surface area contributed by atoms with Crippen LogP contribution in [0.3, 0.4) is 0 Å². The number of carbonyl (C=O) groups excluding carboxylic acids is 2. The van der Waals surface area contributed by atoms with Crippen LogP contribution in [0.2, 0.25) is 0 Å². The van der Waals surface area contributed by atoms with E-state index in [0.717, 1.165) is 6.42 Å². The van der Waals surface area contributed by atoms with Crippen LogP contribution in [-0.2, 0) is 14.6 Å². The molecule has 2 amide bonds. The zero-order valence-electron chi connectivity index (χ0n) is 13.8. The van der Waals surface area contributed by atoms with Crippen LogP contribution in [-0.4, -0.2) is 37.8 Å². The molecule has 0 aromatic heterocycles. The fourth-order valence-corrected chi connectivity index (χ4v) is 5.21. The highest BCUT2D eigenvalue weighted by molar-refractivity contribution is 7.91. The van der Waals surface area contributed by atoms with Gasteiger partial charge in [0.25, 0.3) is 5.91 Å². The van der Waals surface area contributed by atoms with E-state index in [1.807, 2.05) is 13.8 Å². The quantitative estimate of drug-likeness (QED) is 0.859. The van der Waals surface area contributed by atoms with Gasteiger partial charge in [-0.1, -0.05) is 13.8 Å². The molecule has 1 aliphatic heterocycles. The lowest BCUT2D eigenvalue weighted by atomic mass is 10.1. The molecule has 1 aliphatic carbocycles. The van der Waals surface area contributed by atoms with Gasteiger partial charge in [0, 0.05) is 23.2 Å². The Labute approximate surface area is 141 Å². The molecule has 0 radical (unpaired) electrons. The maximum atomic E-state index is 12.3. The summed E-state index contributed by atoms with van der Waals surface area (Å²) in [7, 11) is -3.06. The Balaban J connectivity index is 1.59. The normalized spacial score (nSPS) is 30.6. The zero-order valence-corrected chi connectivity index (χ0v) is 14.6. The molecule has 1 aromatic rings. The fraction of sp³-hybridized carbons (Fsp3) is 0.529. The number of anilines is 1. The van der Waals surface area contributed by atoms with Gasteiger partial charge in [0.05, 0.1) is 11.5 Å². The summed E-state index contributed by atoms with van der Waals surface area (Å²) in [5.41, 5.74) is 1.11. The van der Waals surface area contributed by atoms with Crippen molar-refractivity contribution in [3.63, 3.8) is 0 Å². The molecule has 0 unspecified atom stereocenters. The lowest BCUT2D eigenvalue weighted by molar-refractivity contribution is -0.117. The molecule has 0 spiro atoms. The van der Waals surface area contributed by atoms with E-state index in [9.17, 15) is 18.0 Å². The largest absolute Gasteiger partial charge is 0.348 e. The van der Waals surface area contributed by atoms with E-state index in [0.29, 0.717) is 17.2 Å². The predicted molar refractivity (Wildman–Crippen MR) is 91.4 cm³/mol. The lowest BCUT2D eigenvalue weighted by Gasteiger charge is -2.15. The van der Waals surface area contributed by atoms with Crippen molar-refractivity contribution in [3.8, 4) is 0 Å². The third-order valence-corrected chi connectivity index (χ3v) is 6.72. The van der Waals surface area contributed by atoms with E-state index in [-0.39, 0.29) is 41.2 Å². The van der Waals surface area contributed by atoms with Gasteiger partial charge in [0.1, 0.15) is 0 Å². The third-order valence-electron chi connectivity index (χ3n) is 4.81. The summed E-state index contributed by atoms with van der Waals surface area (Å²) in [6.45, 7) is 3.87. The number of carbonyl (C=O) groups is 2. The van der Waals surface area contributed by atoms with E-state index in [4.69, 9.17) is 0 Å². The van der Waals surface area contributed by atoms with Gasteiger partial charge < -0.3 is 10.6 Å². The minimum atomic E-state index is -3.06. The Hall–Kier alpha value is -1.89. The van der Waals surface area contributed by atoms with E-state index < -0.39 is 9.84 Å². The number of nitrogens with one attached hydrogen (secondary N) is 2. The fourth-order valence-electron chi connectivity index (χ4n) is 3.09. The summed E-state index contributed by atoms with van der Waals surface area (Å²) in [4.78, 5) is 24.1. The number of hydrogen-bond donors (Lipinski definition) is 2. The molecule has 2 N–H and O–H groups in total. The van der Waals surface area contributed by atoms with Crippen molar-refractivity contribution in [1.29, 1.82) is 0 Å². The average molecular weight is 350 g/mol.